The Morgan fingerprint density at radius 1 is 1.11 bits per heavy atom. The molecule has 1 fully saturated rings. The highest BCUT2D eigenvalue weighted by atomic mass is 35.5. The quantitative estimate of drug-likeness (QED) is 0.316. The van der Waals surface area contributed by atoms with E-state index in [2.05, 4.69) is 9.57 Å². The number of halogens is 1. The zero-order chi connectivity index (χ0) is 19.3. The maximum atomic E-state index is 10.7. The molecule has 0 aliphatic carbocycles. The zero-order valence-electron chi connectivity index (χ0n) is 14.7. The van der Waals surface area contributed by atoms with Crippen LogP contribution in [0.3, 0.4) is 0 Å². The second-order valence-corrected chi connectivity index (χ2v) is 7.93. The van der Waals surface area contributed by atoms with Crippen molar-refractivity contribution in [2.24, 2.45) is 4.99 Å². The molecule has 27 heavy (non-hydrogen) atoms. The highest BCUT2D eigenvalue weighted by Gasteiger charge is 2.21. The van der Waals surface area contributed by atoms with Gasteiger partial charge in [-0.25, -0.2) is 13.3 Å². The first-order valence-corrected chi connectivity index (χ1v) is 10.4. The number of nitrogens with zero attached hydrogens (tertiary/aromatic N) is 3. The molecule has 0 aromatic heterocycles. The summed E-state index contributed by atoms with van der Waals surface area (Å²) in [6, 6.07) is 11.6. The molecule has 142 valence electrons. The van der Waals surface area contributed by atoms with Crippen molar-refractivity contribution in [1.82, 2.24) is 4.90 Å². The minimum Gasteiger partial charge on any atom is -0.744 e. The number of fused-ring (bicyclic) bond motifs is 1. The number of hydrogen-bond donors (Lipinski definition) is 0. The van der Waals surface area contributed by atoms with Crippen LogP contribution in [0, 0.1) is 0 Å². The van der Waals surface area contributed by atoms with Gasteiger partial charge in [0, 0.05) is 17.8 Å². The summed E-state index contributed by atoms with van der Waals surface area (Å²) >= 11 is 6.22. The van der Waals surface area contributed by atoms with E-state index < -0.39 is 10.1 Å². The van der Waals surface area contributed by atoms with Crippen molar-refractivity contribution in [3.05, 3.63) is 54.9 Å². The van der Waals surface area contributed by atoms with E-state index in [0.717, 1.165) is 35.7 Å². The Morgan fingerprint density at radius 3 is 2.44 bits per heavy atom. The van der Waals surface area contributed by atoms with Crippen molar-refractivity contribution >= 4 is 44.0 Å². The maximum Gasteiger partial charge on any atom is 0.350 e. The van der Waals surface area contributed by atoms with Gasteiger partial charge in [0.2, 0.25) is 0 Å². The van der Waals surface area contributed by atoms with Crippen LogP contribution in [0.2, 0.25) is 0 Å². The first-order valence-electron chi connectivity index (χ1n) is 8.62. The number of amidine groups is 1. The van der Waals surface area contributed by atoms with Crippen LogP contribution in [0.25, 0.3) is 10.8 Å². The van der Waals surface area contributed by atoms with Gasteiger partial charge in [-0.1, -0.05) is 30.3 Å². The normalized spacial score (nSPS) is 16.4. The number of rotatable bonds is 1. The van der Waals surface area contributed by atoms with E-state index in [0.29, 0.717) is 0 Å². The topological polar surface area (TPSA) is 75.8 Å². The van der Waals surface area contributed by atoms with Crippen molar-refractivity contribution in [2.45, 2.75) is 17.7 Å². The average Bonchev–Trinajstić information content (AvgIpc) is 3.22. The Morgan fingerprint density at radius 2 is 1.81 bits per heavy atom. The van der Waals surface area contributed by atoms with Gasteiger partial charge in [0.15, 0.2) is 0 Å². The fraction of sp³-hybridized carbons (Fsp3) is 0.263. The molecule has 0 atom stereocenters. The molecule has 8 heteroatoms. The van der Waals surface area contributed by atoms with Gasteiger partial charge in [-0.15, -0.1) is 0 Å². The van der Waals surface area contributed by atoms with E-state index >= 15 is 0 Å². The Hall–Kier alpha value is -2.22. The number of benzene rings is 2. The minimum atomic E-state index is -4.34. The summed E-state index contributed by atoms with van der Waals surface area (Å²) in [5.41, 5.74) is 0. The SMILES string of the molecule is ClC(N1C=CN=CC1)=[N+]1CCCC1.O=S(=O)([O-])c1ccc2ccccc2c1. The Bertz CT molecular complexity index is 1010. The summed E-state index contributed by atoms with van der Waals surface area (Å²) in [5, 5.41) is 2.50. The molecule has 2 aliphatic rings. The second-order valence-electron chi connectivity index (χ2n) is 6.21. The molecular formula is C19H20ClN3O3S. The third-order valence-electron chi connectivity index (χ3n) is 4.33. The van der Waals surface area contributed by atoms with Crippen LogP contribution in [0.1, 0.15) is 12.8 Å². The average molecular weight is 406 g/mol. The van der Waals surface area contributed by atoms with Crippen molar-refractivity contribution in [3.8, 4) is 0 Å². The molecule has 0 bridgehead atoms. The molecule has 4 rings (SSSR count). The molecule has 1 saturated heterocycles. The zero-order valence-corrected chi connectivity index (χ0v) is 16.2. The molecule has 2 heterocycles. The van der Waals surface area contributed by atoms with Crippen molar-refractivity contribution in [1.29, 1.82) is 0 Å². The van der Waals surface area contributed by atoms with Gasteiger partial charge in [0.05, 0.1) is 24.2 Å². The van der Waals surface area contributed by atoms with Crippen LogP contribution < -0.4 is 0 Å². The molecular weight excluding hydrogens is 386 g/mol. The largest absolute Gasteiger partial charge is 0.744 e. The lowest BCUT2D eigenvalue weighted by Gasteiger charge is -2.12. The first kappa shape index (κ1) is 19.5. The fourth-order valence-corrected chi connectivity index (χ4v) is 3.72. The van der Waals surface area contributed by atoms with E-state index in [-0.39, 0.29) is 4.90 Å². The summed E-state index contributed by atoms with van der Waals surface area (Å²) in [6.07, 6.45) is 8.05. The number of hydrogen-bond acceptors (Lipinski definition) is 4. The molecule has 0 amide bonds. The van der Waals surface area contributed by atoms with E-state index in [9.17, 15) is 13.0 Å². The molecule has 0 N–H and O–H groups in total. The lowest BCUT2D eigenvalue weighted by atomic mass is 10.1. The fourth-order valence-electron chi connectivity index (χ4n) is 2.92. The molecule has 0 spiro atoms. The minimum absolute atomic E-state index is 0.184. The van der Waals surface area contributed by atoms with Crippen LogP contribution in [0.5, 0.6) is 0 Å². The third kappa shape index (κ3) is 5.15. The smallest absolute Gasteiger partial charge is 0.350 e. The van der Waals surface area contributed by atoms with Gasteiger partial charge in [0.25, 0.3) is 0 Å². The summed E-state index contributed by atoms with van der Waals surface area (Å²) in [4.78, 5) is 5.83. The van der Waals surface area contributed by atoms with Gasteiger partial charge in [0.1, 0.15) is 22.9 Å². The number of aliphatic imine (C=N–C) groups is 1. The molecule has 0 saturated carbocycles. The molecule has 2 aromatic carbocycles. The van der Waals surface area contributed by atoms with E-state index in [1.54, 1.807) is 24.4 Å². The van der Waals surface area contributed by atoms with Gasteiger partial charge in [-0.3, -0.25) is 9.57 Å². The Balaban J connectivity index is 0.000000156. The molecule has 2 aromatic rings. The lowest BCUT2D eigenvalue weighted by molar-refractivity contribution is -0.508. The van der Waals surface area contributed by atoms with Gasteiger partial charge in [-0.05, 0) is 35.7 Å². The van der Waals surface area contributed by atoms with Crippen molar-refractivity contribution in [3.63, 3.8) is 0 Å². The van der Waals surface area contributed by atoms with Crippen molar-refractivity contribution < 1.29 is 17.5 Å². The van der Waals surface area contributed by atoms with Gasteiger partial charge < -0.3 is 4.55 Å². The predicted octanol–water partition coefficient (Wildman–Crippen LogP) is 2.99. The molecule has 2 aliphatic heterocycles. The van der Waals surface area contributed by atoms with Gasteiger partial charge in [-0.2, -0.15) is 0 Å². The Labute approximate surface area is 163 Å². The maximum absolute atomic E-state index is 10.7. The van der Waals surface area contributed by atoms with Gasteiger partial charge >= 0.3 is 5.29 Å². The highest BCUT2D eigenvalue weighted by Crippen LogP contribution is 2.18. The Kier molecular flexibility index (Phi) is 6.26. The van der Waals surface area contributed by atoms with Crippen LogP contribution in [0.15, 0.2) is 64.8 Å². The van der Waals surface area contributed by atoms with Crippen LogP contribution in [0.4, 0.5) is 0 Å². The molecule has 0 radical (unpaired) electrons. The predicted molar refractivity (Wildman–Crippen MR) is 106 cm³/mol. The summed E-state index contributed by atoms with van der Waals surface area (Å²) < 4.78 is 34.4. The summed E-state index contributed by atoms with van der Waals surface area (Å²) in [6.45, 7) is 2.95. The summed E-state index contributed by atoms with van der Waals surface area (Å²) in [5.74, 6) is 0. The third-order valence-corrected chi connectivity index (χ3v) is 5.62. The van der Waals surface area contributed by atoms with E-state index in [1.165, 1.54) is 25.0 Å². The van der Waals surface area contributed by atoms with Crippen LogP contribution >= 0.6 is 11.6 Å². The second kappa shape index (κ2) is 8.65. The standard InChI is InChI=1S/C10H8O3S.C9H13ClN3/c11-14(12,13)10-6-5-8-3-1-2-4-9(8)7-10;10-9(12-5-1-2-6-12)13-7-3-11-4-8-13/h1-7H,(H,11,12,13);3-4,7H,1-2,5-6,8H2/q;+1/p-1. The van der Waals surface area contributed by atoms with E-state index in [4.69, 9.17) is 11.6 Å². The molecule has 0 unspecified atom stereocenters. The monoisotopic (exact) mass is 405 g/mol. The lowest BCUT2D eigenvalue weighted by Crippen LogP contribution is -2.32. The van der Waals surface area contributed by atoms with E-state index in [1.807, 2.05) is 29.4 Å². The van der Waals surface area contributed by atoms with Crippen LogP contribution in [-0.4, -0.2) is 53.6 Å². The summed E-state index contributed by atoms with van der Waals surface area (Å²) in [7, 11) is -4.34. The van der Waals surface area contributed by atoms with Crippen LogP contribution in [-0.2, 0) is 10.1 Å². The highest BCUT2D eigenvalue weighted by molar-refractivity contribution is 7.85. The van der Waals surface area contributed by atoms with Crippen molar-refractivity contribution in [2.75, 3.05) is 19.6 Å². The first-order chi connectivity index (χ1) is 12.9. The molecule has 6 nitrogen and oxygen atoms in total.